The number of benzene rings is 8. The maximum absolute atomic E-state index is 15.9. The Bertz CT molecular complexity index is 3730. The molecule has 0 saturated heterocycles. The minimum atomic E-state index is -2.21. The average Bonchev–Trinajstić information content (AvgIpc) is 3.93. The van der Waals surface area contributed by atoms with Gasteiger partial charge in [0.1, 0.15) is 24.0 Å². The van der Waals surface area contributed by atoms with Gasteiger partial charge in [-0.05, 0) is 98.8 Å². The van der Waals surface area contributed by atoms with Crippen LogP contribution < -0.4 is 14.5 Å². The highest BCUT2D eigenvalue weighted by molar-refractivity contribution is 6.09. The molecule has 0 atom stereocenters. The Morgan fingerprint density at radius 1 is 0.472 bits per heavy atom. The second kappa shape index (κ2) is 17.6. The maximum Gasteiger partial charge on any atom is 0.200 e. The Hall–Kier alpha value is -8.24. The Labute approximate surface area is 415 Å². The number of hydrogen-bond acceptors (Lipinski definition) is 4. The Balaban J connectivity index is 1.09. The van der Waals surface area contributed by atoms with E-state index in [1.54, 1.807) is 6.07 Å². The molecule has 0 fully saturated rings. The smallest absolute Gasteiger partial charge is 0.200 e. The molecule has 8 aromatic carbocycles. The van der Waals surface area contributed by atoms with E-state index in [0.717, 1.165) is 66.8 Å². The zero-order valence-corrected chi connectivity index (χ0v) is 40.5. The van der Waals surface area contributed by atoms with E-state index in [0.29, 0.717) is 28.4 Å². The van der Waals surface area contributed by atoms with E-state index >= 15 is 17.6 Å². The van der Waals surface area contributed by atoms with Crippen LogP contribution in [0.5, 0.6) is 11.5 Å². The van der Waals surface area contributed by atoms with Crippen molar-refractivity contribution in [1.29, 1.82) is 0 Å². The van der Waals surface area contributed by atoms with Crippen LogP contribution in [0.1, 0.15) is 52.7 Å². The number of anilines is 4. The van der Waals surface area contributed by atoms with Gasteiger partial charge >= 0.3 is 0 Å². The molecule has 0 spiro atoms. The van der Waals surface area contributed by atoms with Crippen molar-refractivity contribution >= 4 is 44.6 Å². The fourth-order valence-corrected chi connectivity index (χ4v) is 10.1. The molecule has 0 bridgehead atoms. The summed E-state index contributed by atoms with van der Waals surface area (Å²) in [5.41, 5.74) is 8.16. The number of para-hydroxylation sites is 4. The van der Waals surface area contributed by atoms with Crippen molar-refractivity contribution in [1.82, 2.24) is 9.55 Å². The SMILES string of the molecule is CC(C)(C)c1ccnc(-n2c3ccccc3c3ccc(Oc4cc(-c5ccccc5-c5ccccc5)cc(N5CN(c6c(-c7c(F)c(F)c(F)c(F)c7F)cccc6C(C)(C)C)c6ccccc65)c4)cc32)c1. The van der Waals surface area contributed by atoms with Crippen LogP contribution in [0.25, 0.3) is 61.0 Å². The fourth-order valence-electron chi connectivity index (χ4n) is 10.1. The Kier molecular flexibility index (Phi) is 11.3. The summed E-state index contributed by atoms with van der Waals surface area (Å²) in [6.45, 7) is 12.5. The van der Waals surface area contributed by atoms with E-state index < -0.39 is 40.1 Å². The molecule has 358 valence electrons. The van der Waals surface area contributed by atoms with Crippen molar-refractivity contribution in [3.8, 4) is 50.7 Å². The van der Waals surface area contributed by atoms with Gasteiger partial charge in [0.25, 0.3) is 0 Å². The molecule has 72 heavy (non-hydrogen) atoms. The van der Waals surface area contributed by atoms with Crippen molar-refractivity contribution in [2.75, 3.05) is 16.5 Å². The molecule has 0 unspecified atom stereocenters. The van der Waals surface area contributed by atoms with E-state index in [1.807, 2.05) is 129 Å². The number of rotatable bonds is 8. The van der Waals surface area contributed by atoms with Crippen molar-refractivity contribution in [2.45, 2.75) is 52.4 Å². The molecule has 0 amide bonds. The number of halogens is 5. The van der Waals surface area contributed by atoms with E-state index in [-0.39, 0.29) is 17.6 Å². The van der Waals surface area contributed by atoms with Gasteiger partial charge in [-0.25, -0.2) is 26.9 Å². The van der Waals surface area contributed by atoms with Gasteiger partial charge in [-0.2, -0.15) is 0 Å². The van der Waals surface area contributed by atoms with Crippen molar-refractivity contribution < 1.29 is 26.7 Å². The molecule has 1 aliphatic rings. The van der Waals surface area contributed by atoms with Crippen molar-refractivity contribution in [2.24, 2.45) is 0 Å². The highest BCUT2D eigenvalue weighted by Gasteiger charge is 2.36. The standard InChI is InChI=1S/C62H49F5N4O/c1-61(2,3)39-29-30-68-53(33-39)71-49-24-13-12-21-45(49)46-28-27-41(35-52(46)71)72-42-32-38(44-20-11-10-19-43(44)37-17-8-7-9-18-37)31-40(34-42)69-36-70(51-26-15-14-25-50(51)69)60-47(22-16-23-48(60)62(4,5)6)54-55(63)57(65)59(67)58(66)56(54)64/h7-35H,36H2,1-6H3. The fraction of sp³-hybridized carbons (Fsp3) is 0.145. The zero-order valence-electron chi connectivity index (χ0n) is 40.5. The molecular weight excluding hydrogens is 912 g/mol. The molecule has 3 heterocycles. The van der Waals surface area contributed by atoms with Crippen LogP contribution in [-0.2, 0) is 10.8 Å². The second-order valence-electron chi connectivity index (χ2n) is 20.3. The van der Waals surface area contributed by atoms with Crippen LogP contribution in [0.3, 0.4) is 0 Å². The first kappa shape index (κ1) is 46.2. The molecule has 2 aromatic heterocycles. The van der Waals surface area contributed by atoms with Crippen LogP contribution in [-0.4, -0.2) is 16.2 Å². The topological polar surface area (TPSA) is 33.5 Å². The van der Waals surface area contributed by atoms with Gasteiger partial charge < -0.3 is 14.5 Å². The van der Waals surface area contributed by atoms with Crippen LogP contribution in [0, 0.1) is 29.1 Å². The lowest BCUT2D eigenvalue weighted by molar-refractivity contribution is 0.381. The number of ether oxygens (including phenoxy) is 1. The summed E-state index contributed by atoms with van der Waals surface area (Å²) in [5, 5.41) is 2.12. The third-order valence-corrected chi connectivity index (χ3v) is 13.6. The summed E-state index contributed by atoms with van der Waals surface area (Å²) in [5.74, 6) is -8.11. The first-order valence-corrected chi connectivity index (χ1v) is 23.8. The molecule has 0 N–H and O–H groups in total. The normalized spacial score (nSPS) is 12.8. The number of nitrogens with zero attached hydrogens (tertiary/aromatic N) is 4. The van der Waals surface area contributed by atoms with Gasteiger partial charge in [-0.15, -0.1) is 0 Å². The Morgan fingerprint density at radius 3 is 1.79 bits per heavy atom. The van der Waals surface area contributed by atoms with Crippen LogP contribution >= 0.6 is 0 Å². The van der Waals surface area contributed by atoms with Crippen molar-refractivity contribution in [3.63, 3.8) is 0 Å². The summed E-state index contributed by atoms with van der Waals surface area (Å²) >= 11 is 0. The number of hydrogen-bond donors (Lipinski definition) is 0. The Morgan fingerprint density at radius 2 is 1.08 bits per heavy atom. The molecule has 1 aliphatic heterocycles. The van der Waals surface area contributed by atoms with Gasteiger partial charge in [0.05, 0.1) is 33.7 Å². The number of fused-ring (bicyclic) bond motifs is 4. The van der Waals surface area contributed by atoms with E-state index in [9.17, 15) is 4.39 Å². The molecule has 11 rings (SSSR count). The molecule has 0 saturated carbocycles. The second-order valence-corrected chi connectivity index (χ2v) is 20.3. The van der Waals surface area contributed by atoms with Gasteiger partial charge in [-0.1, -0.05) is 145 Å². The average molecular weight is 961 g/mol. The number of aromatic nitrogens is 2. The summed E-state index contributed by atoms with van der Waals surface area (Å²) in [6, 6.07) is 55.4. The first-order chi connectivity index (χ1) is 34.6. The minimum Gasteiger partial charge on any atom is -0.457 e. The lowest BCUT2D eigenvalue weighted by Gasteiger charge is -2.32. The zero-order chi connectivity index (χ0) is 50.2. The van der Waals surface area contributed by atoms with E-state index in [4.69, 9.17) is 9.72 Å². The molecule has 10 heteroatoms. The molecule has 5 nitrogen and oxygen atoms in total. The molecule has 0 radical (unpaired) electrons. The summed E-state index contributed by atoms with van der Waals surface area (Å²) in [7, 11) is 0. The minimum absolute atomic E-state index is 0.102. The van der Waals surface area contributed by atoms with Crippen LogP contribution in [0.15, 0.2) is 176 Å². The van der Waals surface area contributed by atoms with Gasteiger partial charge in [0.15, 0.2) is 23.3 Å². The van der Waals surface area contributed by atoms with Gasteiger partial charge in [0, 0.05) is 40.4 Å². The van der Waals surface area contributed by atoms with E-state index in [2.05, 4.69) is 90.9 Å². The summed E-state index contributed by atoms with van der Waals surface area (Å²) in [4.78, 5) is 8.85. The lowest BCUT2D eigenvalue weighted by atomic mass is 9.83. The summed E-state index contributed by atoms with van der Waals surface area (Å²) in [6.07, 6.45) is 1.86. The van der Waals surface area contributed by atoms with Crippen molar-refractivity contribution in [3.05, 3.63) is 216 Å². The lowest BCUT2D eigenvalue weighted by Crippen LogP contribution is -2.27. The first-order valence-electron chi connectivity index (χ1n) is 23.8. The molecular formula is C62H49F5N4O. The molecule has 10 aromatic rings. The number of pyridine rings is 1. The summed E-state index contributed by atoms with van der Waals surface area (Å²) < 4.78 is 85.7. The third kappa shape index (κ3) is 7.91. The maximum atomic E-state index is 15.9. The predicted molar refractivity (Wildman–Crippen MR) is 281 cm³/mol. The van der Waals surface area contributed by atoms with Gasteiger partial charge in [0.2, 0.25) is 5.82 Å². The van der Waals surface area contributed by atoms with E-state index in [1.165, 1.54) is 6.07 Å². The largest absolute Gasteiger partial charge is 0.457 e. The highest BCUT2D eigenvalue weighted by atomic mass is 19.2. The van der Waals surface area contributed by atoms with Crippen LogP contribution in [0.2, 0.25) is 0 Å². The molecule has 0 aliphatic carbocycles. The third-order valence-electron chi connectivity index (χ3n) is 13.6. The highest BCUT2D eigenvalue weighted by Crippen LogP contribution is 2.52. The van der Waals surface area contributed by atoms with Crippen LogP contribution in [0.4, 0.5) is 44.7 Å². The van der Waals surface area contributed by atoms with Gasteiger partial charge in [-0.3, -0.25) is 4.57 Å². The monoisotopic (exact) mass is 960 g/mol. The quantitative estimate of drug-likeness (QED) is 0.0863. The predicted octanol–water partition coefficient (Wildman–Crippen LogP) is 17.5.